The van der Waals surface area contributed by atoms with Gasteiger partial charge in [-0.05, 0) is 32.1 Å². The number of methoxy groups -OCH3 is 1. The molecule has 2 rings (SSSR count). The molecule has 1 aromatic carbocycles. The molecule has 0 spiro atoms. The minimum absolute atomic E-state index is 0.0818. The Bertz CT molecular complexity index is 920. The Morgan fingerprint density at radius 1 is 1.17 bits per heavy atom. The SMILES string of the molecule is COc1c(C)cnc(CNC(=O)/C=C/c2ccc(OC(F)F)cc2OC(F)F)c1C. The number of hydrogen-bond acceptors (Lipinski definition) is 5. The van der Waals surface area contributed by atoms with Crippen LogP contribution in [0.15, 0.2) is 30.5 Å². The van der Waals surface area contributed by atoms with Gasteiger partial charge in [0, 0.05) is 35.0 Å². The molecule has 1 amide bonds. The summed E-state index contributed by atoms with van der Waals surface area (Å²) in [6.07, 6.45) is 3.94. The van der Waals surface area contributed by atoms with E-state index in [1.54, 1.807) is 6.20 Å². The van der Waals surface area contributed by atoms with Gasteiger partial charge in [-0.3, -0.25) is 9.78 Å². The largest absolute Gasteiger partial charge is 0.496 e. The number of amides is 1. The summed E-state index contributed by atoms with van der Waals surface area (Å²) >= 11 is 0. The van der Waals surface area contributed by atoms with Gasteiger partial charge in [0.25, 0.3) is 0 Å². The Hall–Kier alpha value is -3.30. The average molecular weight is 428 g/mol. The van der Waals surface area contributed by atoms with Crippen molar-refractivity contribution in [3.05, 3.63) is 52.9 Å². The fourth-order valence-electron chi connectivity index (χ4n) is 2.67. The first kappa shape index (κ1) is 23.0. The van der Waals surface area contributed by atoms with Crippen LogP contribution in [0.5, 0.6) is 17.2 Å². The summed E-state index contributed by atoms with van der Waals surface area (Å²) in [6, 6.07) is 3.26. The van der Waals surface area contributed by atoms with E-state index in [-0.39, 0.29) is 17.9 Å². The Labute approximate surface area is 170 Å². The lowest BCUT2D eigenvalue weighted by Crippen LogP contribution is -2.21. The smallest absolute Gasteiger partial charge is 0.387 e. The second kappa shape index (κ2) is 10.5. The van der Waals surface area contributed by atoms with E-state index in [0.29, 0.717) is 11.4 Å². The van der Waals surface area contributed by atoms with Crippen molar-refractivity contribution in [2.24, 2.45) is 0 Å². The molecule has 162 valence electrons. The van der Waals surface area contributed by atoms with E-state index in [4.69, 9.17) is 4.74 Å². The molecule has 0 fully saturated rings. The summed E-state index contributed by atoms with van der Waals surface area (Å²) in [4.78, 5) is 16.4. The van der Waals surface area contributed by atoms with E-state index in [1.807, 2.05) is 13.8 Å². The number of ether oxygens (including phenoxy) is 3. The summed E-state index contributed by atoms with van der Waals surface area (Å²) in [6.45, 7) is -2.52. The van der Waals surface area contributed by atoms with Crippen LogP contribution in [0.25, 0.3) is 6.08 Å². The highest BCUT2D eigenvalue weighted by Crippen LogP contribution is 2.28. The van der Waals surface area contributed by atoms with Crippen LogP contribution >= 0.6 is 0 Å². The number of carbonyl (C=O) groups excluding carboxylic acids is 1. The monoisotopic (exact) mass is 428 g/mol. The lowest BCUT2D eigenvalue weighted by Gasteiger charge is -2.12. The Balaban J connectivity index is 2.10. The molecule has 0 bridgehead atoms. The highest BCUT2D eigenvalue weighted by molar-refractivity contribution is 5.92. The molecule has 0 aliphatic carbocycles. The van der Waals surface area contributed by atoms with Gasteiger partial charge in [-0.1, -0.05) is 0 Å². The molecule has 0 saturated heterocycles. The number of halogens is 4. The summed E-state index contributed by atoms with van der Waals surface area (Å²) < 4.78 is 63.6. The quantitative estimate of drug-likeness (QED) is 0.478. The van der Waals surface area contributed by atoms with Crippen LogP contribution in [0.1, 0.15) is 22.4 Å². The molecule has 1 aromatic heterocycles. The third kappa shape index (κ3) is 6.36. The number of nitrogens with one attached hydrogen (secondary N) is 1. The van der Waals surface area contributed by atoms with Crippen molar-refractivity contribution in [3.8, 4) is 17.2 Å². The number of nitrogens with zero attached hydrogens (tertiary/aromatic N) is 1. The standard InChI is InChI=1S/C20H20F4N2O4/c1-11-9-25-15(12(2)18(11)28-3)10-26-17(27)7-5-13-4-6-14(29-19(21)22)8-16(13)30-20(23)24/h4-9,19-20H,10H2,1-3H3,(H,26,27)/b7-5+. The van der Waals surface area contributed by atoms with Crippen molar-refractivity contribution in [2.45, 2.75) is 33.6 Å². The summed E-state index contributed by atoms with van der Waals surface area (Å²) in [5.41, 5.74) is 2.33. The minimum atomic E-state index is -3.18. The predicted molar refractivity (Wildman–Crippen MR) is 101 cm³/mol. The van der Waals surface area contributed by atoms with Crippen LogP contribution in [-0.2, 0) is 11.3 Å². The van der Waals surface area contributed by atoms with Gasteiger partial charge in [0.1, 0.15) is 17.2 Å². The maximum Gasteiger partial charge on any atom is 0.387 e. The lowest BCUT2D eigenvalue weighted by atomic mass is 10.1. The maximum absolute atomic E-state index is 12.6. The fraction of sp³-hybridized carbons (Fsp3) is 0.300. The van der Waals surface area contributed by atoms with Crippen molar-refractivity contribution in [1.29, 1.82) is 0 Å². The predicted octanol–water partition coefficient (Wildman–Crippen LogP) is 4.24. The molecule has 1 N–H and O–H groups in total. The van der Waals surface area contributed by atoms with Gasteiger partial charge in [-0.25, -0.2) is 0 Å². The molecule has 0 aliphatic rings. The van der Waals surface area contributed by atoms with Crippen LogP contribution in [0.4, 0.5) is 17.6 Å². The van der Waals surface area contributed by atoms with Crippen molar-refractivity contribution in [1.82, 2.24) is 10.3 Å². The molecular weight excluding hydrogens is 408 g/mol. The van der Waals surface area contributed by atoms with Crippen molar-refractivity contribution in [3.63, 3.8) is 0 Å². The van der Waals surface area contributed by atoms with Gasteiger partial charge < -0.3 is 19.5 Å². The number of carbonyl (C=O) groups is 1. The van der Waals surface area contributed by atoms with Crippen LogP contribution in [-0.4, -0.2) is 31.2 Å². The highest BCUT2D eigenvalue weighted by atomic mass is 19.3. The van der Waals surface area contributed by atoms with E-state index < -0.39 is 24.9 Å². The zero-order chi connectivity index (χ0) is 22.3. The summed E-state index contributed by atoms with van der Waals surface area (Å²) in [5.74, 6) is -0.610. The number of alkyl halides is 4. The van der Waals surface area contributed by atoms with Crippen molar-refractivity contribution in [2.75, 3.05) is 7.11 Å². The number of aryl methyl sites for hydroxylation is 1. The van der Waals surface area contributed by atoms with Crippen LogP contribution in [0, 0.1) is 13.8 Å². The van der Waals surface area contributed by atoms with Gasteiger partial charge in [0.15, 0.2) is 0 Å². The summed E-state index contributed by atoms with van der Waals surface area (Å²) in [5, 5.41) is 2.62. The Morgan fingerprint density at radius 2 is 1.87 bits per heavy atom. The van der Waals surface area contributed by atoms with Gasteiger partial charge in [0.2, 0.25) is 5.91 Å². The van der Waals surface area contributed by atoms with Gasteiger partial charge >= 0.3 is 13.2 Å². The fourth-order valence-corrected chi connectivity index (χ4v) is 2.67. The van der Waals surface area contributed by atoms with Crippen molar-refractivity contribution < 1.29 is 36.6 Å². The molecule has 0 saturated carbocycles. The molecule has 30 heavy (non-hydrogen) atoms. The normalized spacial score (nSPS) is 11.2. The van der Waals surface area contributed by atoms with Crippen LogP contribution in [0.3, 0.4) is 0 Å². The Morgan fingerprint density at radius 3 is 2.50 bits per heavy atom. The number of pyridine rings is 1. The average Bonchev–Trinajstić information content (AvgIpc) is 2.66. The van der Waals surface area contributed by atoms with E-state index in [1.165, 1.54) is 19.3 Å². The van der Waals surface area contributed by atoms with E-state index in [2.05, 4.69) is 19.8 Å². The van der Waals surface area contributed by atoms with Gasteiger partial charge in [-0.15, -0.1) is 0 Å². The van der Waals surface area contributed by atoms with Crippen LogP contribution < -0.4 is 19.5 Å². The van der Waals surface area contributed by atoms with Gasteiger partial charge in [-0.2, -0.15) is 17.6 Å². The van der Waals surface area contributed by atoms with E-state index in [0.717, 1.165) is 29.3 Å². The van der Waals surface area contributed by atoms with Crippen molar-refractivity contribution >= 4 is 12.0 Å². The molecule has 0 atom stereocenters. The zero-order valence-corrected chi connectivity index (χ0v) is 16.4. The molecule has 6 nitrogen and oxygen atoms in total. The minimum Gasteiger partial charge on any atom is -0.496 e. The Kier molecular flexibility index (Phi) is 8.02. The third-order valence-corrected chi connectivity index (χ3v) is 4.02. The first-order valence-electron chi connectivity index (χ1n) is 8.70. The second-order valence-corrected chi connectivity index (χ2v) is 6.05. The first-order valence-corrected chi connectivity index (χ1v) is 8.70. The van der Waals surface area contributed by atoms with Crippen LogP contribution in [0.2, 0.25) is 0 Å². The number of benzene rings is 1. The maximum atomic E-state index is 12.6. The van der Waals surface area contributed by atoms with E-state index in [9.17, 15) is 22.4 Å². The zero-order valence-electron chi connectivity index (χ0n) is 16.4. The molecule has 0 aliphatic heterocycles. The molecule has 10 heteroatoms. The molecule has 2 aromatic rings. The second-order valence-electron chi connectivity index (χ2n) is 6.05. The number of aromatic nitrogens is 1. The number of hydrogen-bond donors (Lipinski definition) is 1. The highest BCUT2D eigenvalue weighted by Gasteiger charge is 2.13. The first-order chi connectivity index (χ1) is 14.2. The topological polar surface area (TPSA) is 69.7 Å². The lowest BCUT2D eigenvalue weighted by molar-refractivity contribution is -0.116. The molecule has 0 radical (unpaired) electrons. The molecule has 1 heterocycles. The summed E-state index contributed by atoms with van der Waals surface area (Å²) in [7, 11) is 1.54. The molecule has 0 unspecified atom stereocenters. The third-order valence-electron chi connectivity index (χ3n) is 4.02. The molecular formula is C20H20F4N2O4. The van der Waals surface area contributed by atoms with Gasteiger partial charge in [0.05, 0.1) is 19.3 Å². The number of rotatable bonds is 9. The van der Waals surface area contributed by atoms with E-state index >= 15 is 0 Å².